The summed E-state index contributed by atoms with van der Waals surface area (Å²) in [5.74, 6) is -0.772. The van der Waals surface area contributed by atoms with Gasteiger partial charge in [0.25, 0.3) is 11.7 Å². The third-order valence-electron chi connectivity index (χ3n) is 6.98. The normalized spacial score (nSPS) is 16.9. The highest BCUT2D eigenvalue weighted by Crippen LogP contribution is 2.40. The number of amides is 1. The van der Waals surface area contributed by atoms with Crippen molar-refractivity contribution >= 4 is 33.4 Å². The minimum atomic E-state index is -0.674. The number of aliphatic hydroxyl groups is 1. The maximum Gasteiger partial charge on any atom is 0.295 e. The van der Waals surface area contributed by atoms with Gasteiger partial charge in [0, 0.05) is 23.1 Å². The Kier molecular flexibility index (Phi) is 9.02. The van der Waals surface area contributed by atoms with Crippen LogP contribution in [0.2, 0.25) is 0 Å². The Morgan fingerprint density at radius 3 is 2.32 bits per heavy atom. The maximum atomic E-state index is 13.3. The first kappa shape index (κ1) is 27.6. The lowest BCUT2D eigenvalue weighted by atomic mass is 9.94. The number of ether oxygens (including phenoxy) is 1. The van der Waals surface area contributed by atoms with Gasteiger partial charge in [-0.25, -0.2) is 0 Å². The van der Waals surface area contributed by atoms with Crippen molar-refractivity contribution in [2.24, 2.45) is 0 Å². The van der Waals surface area contributed by atoms with E-state index >= 15 is 0 Å². The Bertz CT molecular complexity index is 1320. The van der Waals surface area contributed by atoms with Gasteiger partial charge >= 0.3 is 0 Å². The number of aryl methyl sites for hydroxylation is 1. The van der Waals surface area contributed by atoms with E-state index in [4.69, 9.17) is 4.74 Å². The number of aliphatic hydroxyl groups excluding tert-OH is 1. The summed E-state index contributed by atoms with van der Waals surface area (Å²) in [6, 6.07) is 22.1. The van der Waals surface area contributed by atoms with Crippen molar-refractivity contribution in [1.29, 1.82) is 0 Å². The van der Waals surface area contributed by atoms with E-state index in [9.17, 15) is 14.7 Å². The quantitative estimate of drug-likeness (QED) is 0.179. The summed E-state index contributed by atoms with van der Waals surface area (Å²) >= 11 is 3.46. The zero-order chi connectivity index (χ0) is 27.2. The van der Waals surface area contributed by atoms with E-state index in [2.05, 4.69) is 34.7 Å². The molecule has 1 fully saturated rings. The van der Waals surface area contributed by atoms with E-state index in [1.54, 1.807) is 17.0 Å². The molecule has 0 saturated carbocycles. The van der Waals surface area contributed by atoms with Crippen LogP contribution in [0.4, 0.5) is 0 Å². The number of Topliss-reactive ketones (excluding diaryl/α,β-unsaturated/α-hetero) is 1. The van der Waals surface area contributed by atoms with Gasteiger partial charge in [0.2, 0.25) is 0 Å². The number of rotatable bonds is 10. The van der Waals surface area contributed by atoms with Crippen molar-refractivity contribution in [3.8, 4) is 5.75 Å². The lowest BCUT2D eigenvalue weighted by molar-refractivity contribution is -0.140. The lowest BCUT2D eigenvalue weighted by Gasteiger charge is -2.28. The number of carbonyl (C=O) groups is 2. The fourth-order valence-corrected chi connectivity index (χ4v) is 5.03. The molecule has 1 aliphatic rings. The van der Waals surface area contributed by atoms with Crippen molar-refractivity contribution in [3.63, 3.8) is 0 Å². The maximum absolute atomic E-state index is 13.3. The van der Waals surface area contributed by atoms with Crippen LogP contribution in [0.15, 0.2) is 82.8 Å². The minimum Gasteiger partial charge on any atom is -0.507 e. The third-order valence-corrected chi connectivity index (χ3v) is 7.51. The molecule has 1 aliphatic heterocycles. The van der Waals surface area contributed by atoms with Crippen LogP contribution in [0.5, 0.6) is 5.75 Å². The molecule has 0 unspecified atom stereocenters. The van der Waals surface area contributed by atoms with Crippen LogP contribution in [-0.4, -0.2) is 52.8 Å². The Morgan fingerprint density at radius 1 is 1.00 bits per heavy atom. The number of benzene rings is 3. The molecule has 3 aromatic rings. The van der Waals surface area contributed by atoms with Gasteiger partial charge in [-0.3, -0.25) is 9.59 Å². The van der Waals surface area contributed by atoms with Gasteiger partial charge in [-0.15, -0.1) is 0 Å². The van der Waals surface area contributed by atoms with Gasteiger partial charge in [0.15, 0.2) is 0 Å². The molecule has 1 saturated heterocycles. The van der Waals surface area contributed by atoms with Crippen molar-refractivity contribution in [1.82, 2.24) is 9.80 Å². The van der Waals surface area contributed by atoms with Crippen molar-refractivity contribution in [3.05, 3.63) is 105 Å². The summed E-state index contributed by atoms with van der Waals surface area (Å²) in [6.07, 6.45) is 0. The molecule has 1 N–H and O–H groups in total. The fraction of sp³-hybridized carbons (Fsp3) is 0.290. The second-order valence-corrected chi connectivity index (χ2v) is 10.2. The predicted octanol–water partition coefficient (Wildman–Crippen LogP) is 6.10. The van der Waals surface area contributed by atoms with E-state index in [0.717, 1.165) is 34.3 Å². The van der Waals surface area contributed by atoms with E-state index in [-0.39, 0.29) is 11.3 Å². The molecule has 0 aromatic heterocycles. The van der Waals surface area contributed by atoms with Crippen molar-refractivity contribution in [2.75, 3.05) is 26.2 Å². The molecule has 0 spiro atoms. The van der Waals surface area contributed by atoms with Crippen LogP contribution >= 0.6 is 15.9 Å². The highest BCUT2D eigenvalue weighted by molar-refractivity contribution is 9.10. The van der Waals surface area contributed by atoms with E-state index in [0.29, 0.717) is 31.0 Å². The number of nitrogens with zero attached hydrogens (tertiary/aromatic N) is 2. The SMILES string of the molecule is CCN(CC)CCN1C(=O)C(=O)/C(=C(/O)c2ccc(OCc3ccccc3)cc2C)[C@@H]1c1ccc(Br)cc1. The highest BCUT2D eigenvalue weighted by atomic mass is 79.9. The van der Waals surface area contributed by atoms with Crippen LogP contribution < -0.4 is 4.74 Å². The molecule has 0 radical (unpaired) electrons. The van der Waals surface area contributed by atoms with Gasteiger partial charge in [0.05, 0.1) is 11.6 Å². The summed E-state index contributed by atoms with van der Waals surface area (Å²) < 4.78 is 6.82. The molecule has 1 amide bonds. The lowest BCUT2D eigenvalue weighted by Crippen LogP contribution is -2.38. The third kappa shape index (κ3) is 6.00. The average molecular weight is 578 g/mol. The Labute approximate surface area is 232 Å². The molecule has 38 heavy (non-hydrogen) atoms. The molecule has 198 valence electrons. The number of carbonyl (C=O) groups excluding carboxylic acids is 2. The van der Waals surface area contributed by atoms with Gasteiger partial charge in [0.1, 0.15) is 18.1 Å². The smallest absolute Gasteiger partial charge is 0.295 e. The largest absolute Gasteiger partial charge is 0.507 e. The first-order valence-corrected chi connectivity index (χ1v) is 13.7. The topological polar surface area (TPSA) is 70.1 Å². The van der Waals surface area contributed by atoms with Gasteiger partial charge in [-0.1, -0.05) is 72.2 Å². The van der Waals surface area contributed by atoms with E-state index in [1.807, 2.05) is 67.6 Å². The van der Waals surface area contributed by atoms with Crippen LogP contribution in [0, 0.1) is 6.92 Å². The molecule has 4 rings (SSSR count). The summed E-state index contributed by atoms with van der Waals surface area (Å²) in [5.41, 5.74) is 3.18. The second kappa shape index (κ2) is 12.4. The molecule has 7 heteroatoms. The van der Waals surface area contributed by atoms with Crippen LogP contribution in [-0.2, 0) is 16.2 Å². The summed E-state index contributed by atoms with van der Waals surface area (Å²) in [7, 11) is 0. The second-order valence-electron chi connectivity index (χ2n) is 9.32. The standard InChI is InChI=1S/C31H33BrN2O4/c1-4-33(5-2)17-18-34-28(23-11-13-24(32)14-12-23)27(30(36)31(34)37)29(35)26-16-15-25(19-21(26)3)38-20-22-9-7-6-8-10-22/h6-16,19,28,35H,4-5,17-18,20H2,1-3H3/b29-27+/t28-/m0/s1. The molecule has 1 heterocycles. The van der Waals surface area contributed by atoms with Crippen molar-refractivity contribution < 1.29 is 19.4 Å². The number of likely N-dealkylation sites (tertiary alicyclic amines) is 1. The molecule has 0 aliphatic carbocycles. The molecule has 6 nitrogen and oxygen atoms in total. The summed E-state index contributed by atoms with van der Waals surface area (Å²) in [4.78, 5) is 30.4. The van der Waals surface area contributed by atoms with E-state index in [1.165, 1.54) is 0 Å². The Morgan fingerprint density at radius 2 is 1.68 bits per heavy atom. The first-order chi connectivity index (χ1) is 18.3. The average Bonchev–Trinajstić information content (AvgIpc) is 3.18. The number of ketones is 1. The van der Waals surface area contributed by atoms with Crippen LogP contribution in [0.25, 0.3) is 5.76 Å². The Hall–Kier alpha value is -3.42. The molecular weight excluding hydrogens is 544 g/mol. The number of hydrogen-bond donors (Lipinski definition) is 1. The predicted molar refractivity (Wildman–Crippen MR) is 153 cm³/mol. The fourth-order valence-electron chi connectivity index (χ4n) is 4.77. The van der Waals surface area contributed by atoms with Gasteiger partial charge < -0.3 is 19.6 Å². The van der Waals surface area contributed by atoms with Gasteiger partial charge in [-0.2, -0.15) is 0 Å². The molecular formula is C31H33BrN2O4. The van der Waals surface area contributed by atoms with Crippen LogP contribution in [0.1, 0.15) is 42.1 Å². The molecule has 1 atom stereocenters. The zero-order valence-electron chi connectivity index (χ0n) is 22.0. The summed E-state index contributed by atoms with van der Waals surface area (Å²) in [5, 5.41) is 11.5. The van der Waals surface area contributed by atoms with Crippen LogP contribution in [0.3, 0.4) is 0 Å². The van der Waals surface area contributed by atoms with E-state index < -0.39 is 17.7 Å². The van der Waals surface area contributed by atoms with Crippen molar-refractivity contribution in [2.45, 2.75) is 33.4 Å². The number of likely N-dealkylation sites (N-methyl/N-ethyl adjacent to an activating group) is 1. The Balaban J connectivity index is 1.69. The first-order valence-electron chi connectivity index (χ1n) is 12.9. The molecule has 0 bridgehead atoms. The zero-order valence-corrected chi connectivity index (χ0v) is 23.6. The minimum absolute atomic E-state index is 0.109. The molecule has 3 aromatic carbocycles. The monoisotopic (exact) mass is 576 g/mol. The number of halogens is 1. The van der Waals surface area contributed by atoms with Gasteiger partial charge in [-0.05, 0) is 67.0 Å². The summed E-state index contributed by atoms with van der Waals surface area (Å²) in [6.45, 7) is 9.14. The number of hydrogen-bond acceptors (Lipinski definition) is 5. The highest BCUT2D eigenvalue weighted by Gasteiger charge is 2.46.